The maximum Gasteiger partial charge on any atom is 0.326 e. The standard InChI is InChI=1S/C17H24N2O6S/c1-12-7-9-19(15(11-12)17(21)22)16(20)13-3-5-14(6-4-13)26(23,24)18-8-10-25-2/h3-6,12,15,18H,7-11H2,1-2H3,(H,21,22). The highest BCUT2D eigenvalue weighted by molar-refractivity contribution is 7.89. The molecule has 0 bridgehead atoms. The van der Waals surface area contributed by atoms with E-state index in [0.29, 0.717) is 13.0 Å². The lowest BCUT2D eigenvalue weighted by Gasteiger charge is -2.36. The lowest BCUT2D eigenvalue weighted by molar-refractivity contribution is -0.144. The van der Waals surface area contributed by atoms with Gasteiger partial charge in [-0.2, -0.15) is 0 Å². The average Bonchev–Trinajstić information content (AvgIpc) is 2.61. The van der Waals surface area contributed by atoms with Crippen LogP contribution in [-0.2, 0) is 19.6 Å². The summed E-state index contributed by atoms with van der Waals surface area (Å²) in [4.78, 5) is 25.5. The topological polar surface area (TPSA) is 113 Å². The molecule has 0 aliphatic carbocycles. The molecule has 1 amide bonds. The van der Waals surface area contributed by atoms with E-state index in [1.54, 1.807) is 0 Å². The normalized spacial score (nSPS) is 20.8. The molecule has 1 heterocycles. The molecule has 8 nitrogen and oxygen atoms in total. The number of likely N-dealkylation sites (tertiary alicyclic amines) is 1. The van der Waals surface area contributed by atoms with Gasteiger partial charge in [0.25, 0.3) is 5.91 Å². The average molecular weight is 384 g/mol. The van der Waals surface area contributed by atoms with Crippen LogP contribution in [0.3, 0.4) is 0 Å². The van der Waals surface area contributed by atoms with Crippen molar-refractivity contribution in [3.63, 3.8) is 0 Å². The van der Waals surface area contributed by atoms with Crippen LogP contribution in [0.15, 0.2) is 29.2 Å². The monoisotopic (exact) mass is 384 g/mol. The zero-order valence-electron chi connectivity index (χ0n) is 14.8. The first-order valence-corrected chi connectivity index (χ1v) is 9.87. The van der Waals surface area contributed by atoms with Crippen molar-refractivity contribution in [1.82, 2.24) is 9.62 Å². The van der Waals surface area contributed by atoms with Crippen molar-refractivity contribution in [3.8, 4) is 0 Å². The van der Waals surface area contributed by atoms with Gasteiger partial charge in [-0.05, 0) is 43.0 Å². The van der Waals surface area contributed by atoms with E-state index in [1.807, 2.05) is 6.92 Å². The van der Waals surface area contributed by atoms with E-state index in [4.69, 9.17) is 4.74 Å². The van der Waals surface area contributed by atoms with Crippen molar-refractivity contribution in [2.75, 3.05) is 26.8 Å². The summed E-state index contributed by atoms with van der Waals surface area (Å²) in [6, 6.07) is 4.63. The Bertz CT molecular complexity index is 747. The highest BCUT2D eigenvalue weighted by Crippen LogP contribution is 2.24. The maximum absolute atomic E-state index is 12.7. The van der Waals surface area contributed by atoms with Gasteiger partial charge >= 0.3 is 5.97 Å². The molecule has 1 aliphatic heterocycles. The van der Waals surface area contributed by atoms with E-state index >= 15 is 0 Å². The molecule has 0 saturated carbocycles. The molecule has 1 saturated heterocycles. The highest BCUT2D eigenvalue weighted by Gasteiger charge is 2.35. The van der Waals surface area contributed by atoms with Gasteiger partial charge in [-0.3, -0.25) is 4.79 Å². The first-order valence-electron chi connectivity index (χ1n) is 8.38. The predicted octanol–water partition coefficient (Wildman–Crippen LogP) is 0.937. The number of methoxy groups -OCH3 is 1. The van der Waals surface area contributed by atoms with Gasteiger partial charge in [0.2, 0.25) is 10.0 Å². The van der Waals surface area contributed by atoms with Crippen molar-refractivity contribution in [2.45, 2.75) is 30.7 Å². The van der Waals surface area contributed by atoms with Crippen LogP contribution in [0.4, 0.5) is 0 Å². The van der Waals surface area contributed by atoms with Gasteiger partial charge in [0.05, 0.1) is 11.5 Å². The second kappa shape index (κ2) is 8.61. The van der Waals surface area contributed by atoms with Gasteiger partial charge in [-0.25, -0.2) is 17.9 Å². The Balaban J connectivity index is 2.14. The number of aliphatic carboxylic acids is 1. The summed E-state index contributed by atoms with van der Waals surface area (Å²) in [5.41, 5.74) is 0.265. The van der Waals surface area contributed by atoms with Crippen molar-refractivity contribution >= 4 is 21.9 Å². The molecule has 9 heteroatoms. The fourth-order valence-corrected chi connectivity index (χ4v) is 3.94. The molecular formula is C17H24N2O6S. The van der Waals surface area contributed by atoms with Crippen molar-refractivity contribution in [2.24, 2.45) is 5.92 Å². The number of hydrogen-bond donors (Lipinski definition) is 2. The number of piperidine rings is 1. The number of benzene rings is 1. The Labute approximate surface area is 153 Å². The molecule has 0 aromatic heterocycles. The molecule has 2 rings (SSSR count). The molecule has 1 fully saturated rings. The number of ether oxygens (including phenoxy) is 1. The Morgan fingerprint density at radius 2 is 1.96 bits per heavy atom. The van der Waals surface area contributed by atoms with Crippen LogP contribution >= 0.6 is 0 Å². The SMILES string of the molecule is COCCNS(=O)(=O)c1ccc(C(=O)N2CCC(C)CC2C(=O)O)cc1. The van der Waals surface area contributed by atoms with Gasteiger partial charge in [-0.15, -0.1) is 0 Å². The fraction of sp³-hybridized carbons (Fsp3) is 0.529. The van der Waals surface area contributed by atoms with E-state index in [0.717, 1.165) is 6.42 Å². The maximum atomic E-state index is 12.7. The number of carbonyl (C=O) groups excluding carboxylic acids is 1. The summed E-state index contributed by atoms with van der Waals surface area (Å²) in [5, 5.41) is 9.38. The largest absolute Gasteiger partial charge is 0.480 e. The molecular weight excluding hydrogens is 360 g/mol. The summed E-state index contributed by atoms with van der Waals surface area (Å²) in [7, 11) is -2.21. The van der Waals surface area contributed by atoms with E-state index < -0.39 is 27.9 Å². The smallest absolute Gasteiger partial charge is 0.326 e. The number of hydrogen-bond acceptors (Lipinski definition) is 5. The summed E-state index contributed by atoms with van der Waals surface area (Å²) < 4.78 is 31.4. The number of carboxylic acid groups (broad SMARTS) is 1. The number of carboxylic acids is 1. The van der Waals surface area contributed by atoms with E-state index in [9.17, 15) is 23.1 Å². The third-order valence-electron chi connectivity index (χ3n) is 4.42. The van der Waals surface area contributed by atoms with Crippen LogP contribution in [0.25, 0.3) is 0 Å². The Morgan fingerprint density at radius 3 is 2.54 bits per heavy atom. The minimum atomic E-state index is -3.68. The first-order chi connectivity index (χ1) is 12.3. The van der Waals surface area contributed by atoms with Crippen LogP contribution in [0.1, 0.15) is 30.1 Å². The second-order valence-electron chi connectivity index (χ2n) is 6.40. The summed E-state index contributed by atoms with van der Waals surface area (Å²) >= 11 is 0. The lowest BCUT2D eigenvalue weighted by atomic mass is 9.92. The van der Waals surface area contributed by atoms with Crippen LogP contribution in [0.2, 0.25) is 0 Å². The molecule has 26 heavy (non-hydrogen) atoms. The van der Waals surface area contributed by atoms with E-state index in [2.05, 4.69) is 4.72 Å². The van der Waals surface area contributed by atoms with Crippen LogP contribution in [0, 0.1) is 5.92 Å². The van der Waals surface area contributed by atoms with Crippen LogP contribution < -0.4 is 4.72 Å². The van der Waals surface area contributed by atoms with E-state index in [-0.39, 0.29) is 29.5 Å². The van der Waals surface area contributed by atoms with Crippen molar-refractivity contribution < 1.29 is 27.9 Å². The van der Waals surface area contributed by atoms with Gasteiger partial charge in [-0.1, -0.05) is 6.92 Å². The number of amides is 1. The number of nitrogens with zero attached hydrogens (tertiary/aromatic N) is 1. The molecule has 0 radical (unpaired) electrons. The number of rotatable bonds is 7. The first kappa shape index (κ1) is 20.3. The van der Waals surface area contributed by atoms with Gasteiger partial charge in [0.1, 0.15) is 6.04 Å². The number of nitrogens with one attached hydrogen (secondary N) is 1. The van der Waals surface area contributed by atoms with Gasteiger partial charge < -0.3 is 14.7 Å². The summed E-state index contributed by atoms with van der Waals surface area (Å²) in [6.45, 7) is 2.73. The predicted molar refractivity (Wildman–Crippen MR) is 94.4 cm³/mol. The molecule has 2 N–H and O–H groups in total. The Morgan fingerprint density at radius 1 is 1.31 bits per heavy atom. The zero-order valence-corrected chi connectivity index (χ0v) is 15.7. The summed E-state index contributed by atoms with van der Waals surface area (Å²) in [5.74, 6) is -1.18. The third kappa shape index (κ3) is 4.80. The third-order valence-corrected chi connectivity index (χ3v) is 5.90. The molecule has 0 spiro atoms. The Hall–Kier alpha value is -1.97. The molecule has 1 aromatic rings. The van der Waals surface area contributed by atoms with Crippen molar-refractivity contribution in [3.05, 3.63) is 29.8 Å². The molecule has 144 valence electrons. The molecule has 1 aromatic carbocycles. The number of carbonyl (C=O) groups is 2. The van der Waals surface area contributed by atoms with Crippen LogP contribution in [-0.4, -0.2) is 63.1 Å². The molecule has 1 aliphatic rings. The van der Waals surface area contributed by atoms with Gasteiger partial charge in [0.15, 0.2) is 0 Å². The zero-order chi connectivity index (χ0) is 19.3. The summed E-state index contributed by atoms with van der Waals surface area (Å²) in [6.07, 6.45) is 1.16. The fourth-order valence-electron chi connectivity index (χ4n) is 2.92. The van der Waals surface area contributed by atoms with Gasteiger partial charge in [0, 0.05) is 25.8 Å². The minimum absolute atomic E-state index is 0.0344. The highest BCUT2D eigenvalue weighted by atomic mass is 32.2. The van der Waals surface area contributed by atoms with Crippen LogP contribution in [0.5, 0.6) is 0 Å². The molecule has 2 atom stereocenters. The quantitative estimate of drug-likeness (QED) is 0.677. The van der Waals surface area contributed by atoms with Crippen molar-refractivity contribution in [1.29, 1.82) is 0 Å². The minimum Gasteiger partial charge on any atom is -0.480 e. The number of sulfonamides is 1. The second-order valence-corrected chi connectivity index (χ2v) is 8.16. The lowest BCUT2D eigenvalue weighted by Crippen LogP contribution is -2.49. The van der Waals surface area contributed by atoms with E-state index in [1.165, 1.54) is 36.3 Å². The molecule has 2 unspecified atom stereocenters. The Kier molecular flexibility index (Phi) is 6.74.